The topological polar surface area (TPSA) is 17.8 Å². The van der Waals surface area contributed by atoms with Gasteiger partial charge in [0, 0.05) is 6.07 Å². The highest BCUT2D eigenvalue weighted by Gasteiger charge is 2.15. The molecule has 0 bridgehead atoms. The van der Waals surface area contributed by atoms with Gasteiger partial charge in [0.15, 0.2) is 11.6 Å². The van der Waals surface area contributed by atoms with Gasteiger partial charge in [0.1, 0.15) is 11.3 Å². The molecule has 0 N–H and O–H groups in total. The van der Waals surface area contributed by atoms with Gasteiger partial charge in [-0.3, -0.25) is 4.57 Å². The van der Waals surface area contributed by atoms with Crippen LogP contribution in [0.15, 0.2) is 36.4 Å². The van der Waals surface area contributed by atoms with E-state index in [0.29, 0.717) is 27.6 Å². The van der Waals surface area contributed by atoms with Crippen LogP contribution in [-0.2, 0) is 5.88 Å². The molecule has 2 nitrogen and oxygen atoms in total. The molecule has 3 aromatic rings. The van der Waals surface area contributed by atoms with Gasteiger partial charge in [-0.25, -0.2) is 13.8 Å². The van der Waals surface area contributed by atoms with Crippen LogP contribution in [0.25, 0.3) is 16.7 Å². The zero-order valence-corrected chi connectivity index (χ0v) is 11.6. The average molecular weight is 313 g/mol. The number of imidazole rings is 1. The second kappa shape index (κ2) is 5.04. The first-order chi connectivity index (χ1) is 9.61. The molecule has 0 unspecified atom stereocenters. The van der Waals surface area contributed by atoms with Crippen LogP contribution in [-0.4, -0.2) is 9.55 Å². The fourth-order valence-electron chi connectivity index (χ4n) is 2.12. The van der Waals surface area contributed by atoms with Crippen LogP contribution in [0.5, 0.6) is 0 Å². The summed E-state index contributed by atoms with van der Waals surface area (Å²) in [5, 5.41) is 0.482. The highest BCUT2D eigenvalue weighted by atomic mass is 35.5. The van der Waals surface area contributed by atoms with Crippen molar-refractivity contribution in [3.05, 3.63) is 58.9 Å². The van der Waals surface area contributed by atoms with E-state index in [1.807, 2.05) is 0 Å². The molecule has 1 aromatic heterocycles. The lowest BCUT2D eigenvalue weighted by Gasteiger charge is -2.08. The maximum Gasteiger partial charge on any atom is 0.160 e. The van der Waals surface area contributed by atoms with Crippen molar-refractivity contribution in [2.45, 2.75) is 5.88 Å². The number of alkyl halides is 1. The lowest BCUT2D eigenvalue weighted by Crippen LogP contribution is -2.00. The van der Waals surface area contributed by atoms with Crippen LogP contribution in [0.2, 0.25) is 5.02 Å². The zero-order chi connectivity index (χ0) is 14.3. The van der Waals surface area contributed by atoms with Crippen LogP contribution >= 0.6 is 23.2 Å². The Kier molecular flexibility index (Phi) is 3.36. The van der Waals surface area contributed by atoms with E-state index in [4.69, 9.17) is 23.2 Å². The average Bonchev–Trinajstić information content (AvgIpc) is 2.82. The molecule has 0 aliphatic rings. The number of para-hydroxylation sites is 1. The van der Waals surface area contributed by atoms with Crippen molar-refractivity contribution in [2.24, 2.45) is 0 Å². The maximum atomic E-state index is 13.4. The minimum atomic E-state index is -0.924. The predicted octanol–water partition coefficient (Wildman–Crippen LogP) is 4.70. The minimum absolute atomic E-state index is 0.129. The van der Waals surface area contributed by atoms with Crippen molar-refractivity contribution >= 4 is 34.2 Å². The van der Waals surface area contributed by atoms with Gasteiger partial charge < -0.3 is 0 Å². The SMILES string of the molecule is Fc1ccc(-n2c(CCl)nc3c(Cl)cccc32)cc1F. The summed E-state index contributed by atoms with van der Waals surface area (Å²) in [6.07, 6.45) is 0. The Morgan fingerprint density at radius 3 is 2.60 bits per heavy atom. The Hall–Kier alpha value is -1.65. The number of nitrogens with zero attached hydrogens (tertiary/aromatic N) is 2. The number of fused-ring (bicyclic) bond motifs is 1. The Labute approximate surface area is 123 Å². The summed E-state index contributed by atoms with van der Waals surface area (Å²) in [6.45, 7) is 0. The van der Waals surface area contributed by atoms with E-state index in [2.05, 4.69) is 4.98 Å². The first-order valence-corrected chi connectivity index (χ1v) is 6.70. The van der Waals surface area contributed by atoms with Gasteiger partial charge in [0.05, 0.1) is 22.1 Å². The van der Waals surface area contributed by atoms with Crippen molar-refractivity contribution < 1.29 is 8.78 Å². The summed E-state index contributed by atoms with van der Waals surface area (Å²) >= 11 is 12.0. The van der Waals surface area contributed by atoms with Crippen molar-refractivity contribution in [3.8, 4) is 5.69 Å². The minimum Gasteiger partial charge on any atom is -0.295 e. The third-order valence-electron chi connectivity index (χ3n) is 2.99. The Balaban J connectivity index is 2.34. The molecule has 0 amide bonds. The summed E-state index contributed by atoms with van der Waals surface area (Å²) in [7, 11) is 0. The number of hydrogen-bond acceptors (Lipinski definition) is 1. The molecule has 0 aliphatic heterocycles. The van der Waals surface area contributed by atoms with Crippen molar-refractivity contribution in [1.29, 1.82) is 0 Å². The molecule has 0 spiro atoms. The van der Waals surface area contributed by atoms with Gasteiger partial charge >= 0.3 is 0 Å². The Bertz CT molecular complexity index is 799. The van der Waals surface area contributed by atoms with E-state index < -0.39 is 11.6 Å². The normalized spacial score (nSPS) is 11.2. The molecule has 102 valence electrons. The Morgan fingerprint density at radius 1 is 1.10 bits per heavy atom. The molecular weight excluding hydrogens is 305 g/mol. The van der Waals surface area contributed by atoms with Gasteiger partial charge in [-0.15, -0.1) is 11.6 Å². The fraction of sp³-hybridized carbons (Fsp3) is 0.0714. The van der Waals surface area contributed by atoms with E-state index in [1.54, 1.807) is 22.8 Å². The summed E-state index contributed by atoms with van der Waals surface area (Å²) in [6, 6.07) is 8.92. The molecule has 0 fully saturated rings. The maximum absolute atomic E-state index is 13.4. The highest BCUT2D eigenvalue weighted by Crippen LogP contribution is 2.28. The van der Waals surface area contributed by atoms with E-state index >= 15 is 0 Å². The molecule has 0 saturated carbocycles. The molecule has 20 heavy (non-hydrogen) atoms. The van der Waals surface area contributed by atoms with Gasteiger partial charge in [-0.1, -0.05) is 17.7 Å². The molecule has 0 aliphatic carbocycles. The van der Waals surface area contributed by atoms with Crippen molar-refractivity contribution in [1.82, 2.24) is 9.55 Å². The second-order valence-corrected chi connectivity index (χ2v) is 4.88. The van der Waals surface area contributed by atoms with E-state index in [9.17, 15) is 8.78 Å². The molecule has 0 saturated heterocycles. The highest BCUT2D eigenvalue weighted by molar-refractivity contribution is 6.35. The molecule has 2 aromatic carbocycles. The number of hydrogen-bond donors (Lipinski definition) is 0. The first-order valence-electron chi connectivity index (χ1n) is 5.79. The molecule has 0 atom stereocenters. The third kappa shape index (κ3) is 2.05. The second-order valence-electron chi connectivity index (χ2n) is 4.20. The number of aromatic nitrogens is 2. The first kappa shape index (κ1) is 13.3. The van der Waals surface area contributed by atoms with Crippen LogP contribution in [0.3, 0.4) is 0 Å². The quantitative estimate of drug-likeness (QED) is 0.627. The third-order valence-corrected chi connectivity index (χ3v) is 3.53. The summed E-state index contributed by atoms with van der Waals surface area (Å²) in [5.41, 5.74) is 1.72. The molecular formula is C14H8Cl2F2N2. The van der Waals surface area contributed by atoms with Gasteiger partial charge in [0.2, 0.25) is 0 Å². The van der Waals surface area contributed by atoms with Crippen molar-refractivity contribution in [3.63, 3.8) is 0 Å². The summed E-state index contributed by atoms with van der Waals surface area (Å²) in [4.78, 5) is 4.34. The monoisotopic (exact) mass is 312 g/mol. The van der Waals surface area contributed by atoms with E-state index in [0.717, 1.165) is 12.1 Å². The van der Waals surface area contributed by atoms with Crippen LogP contribution in [0, 0.1) is 11.6 Å². The number of halogens is 4. The largest absolute Gasteiger partial charge is 0.295 e. The van der Waals surface area contributed by atoms with E-state index in [1.165, 1.54) is 6.07 Å². The number of benzene rings is 2. The number of rotatable bonds is 2. The standard InChI is InChI=1S/C14H8Cl2F2N2/c15-7-13-19-14-9(16)2-1-3-12(14)20(13)8-4-5-10(17)11(18)6-8/h1-6H,7H2. The molecule has 3 rings (SSSR count). The van der Waals surface area contributed by atoms with E-state index in [-0.39, 0.29) is 5.88 Å². The van der Waals surface area contributed by atoms with Crippen LogP contribution < -0.4 is 0 Å². The van der Waals surface area contributed by atoms with Gasteiger partial charge in [0.25, 0.3) is 0 Å². The molecule has 0 radical (unpaired) electrons. The van der Waals surface area contributed by atoms with Crippen LogP contribution in [0.4, 0.5) is 8.78 Å². The van der Waals surface area contributed by atoms with Crippen molar-refractivity contribution in [2.75, 3.05) is 0 Å². The van der Waals surface area contributed by atoms with Gasteiger partial charge in [-0.2, -0.15) is 0 Å². The van der Waals surface area contributed by atoms with Gasteiger partial charge in [-0.05, 0) is 24.3 Å². The van der Waals surface area contributed by atoms with Crippen LogP contribution in [0.1, 0.15) is 5.82 Å². The smallest absolute Gasteiger partial charge is 0.160 e. The summed E-state index contributed by atoms with van der Waals surface area (Å²) in [5.74, 6) is -1.18. The molecule has 1 heterocycles. The predicted molar refractivity (Wildman–Crippen MR) is 75.6 cm³/mol. The lowest BCUT2D eigenvalue weighted by atomic mass is 10.2. The zero-order valence-electron chi connectivity index (χ0n) is 10.1. The lowest BCUT2D eigenvalue weighted by molar-refractivity contribution is 0.508. The summed E-state index contributed by atoms with van der Waals surface area (Å²) < 4.78 is 28.1. The Morgan fingerprint density at radius 2 is 1.90 bits per heavy atom. The fourth-order valence-corrected chi connectivity index (χ4v) is 2.51. The molecule has 6 heteroatoms.